The van der Waals surface area contributed by atoms with E-state index in [1.807, 2.05) is 6.92 Å². The van der Waals surface area contributed by atoms with Crippen molar-refractivity contribution in [2.45, 2.75) is 6.92 Å². The first-order valence-electron chi connectivity index (χ1n) is 1.59. The molecule has 0 aromatic carbocycles. The summed E-state index contributed by atoms with van der Waals surface area (Å²) in [5.74, 6) is 0. The van der Waals surface area contributed by atoms with Gasteiger partial charge in [-0.05, 0) is 6.54 Å². The molecule has 0 rings (SSSR count). The van der Waals surface area contributed by atoms with Crippen LogP contribution in [0.15, 0.2) is 0 Å². The second-order valence-corrected chi connectivity index (χ2v) is 20.4. The maximum atomic E-state index is 5.01. The standard InChI is InChI=1S/C2H7N.4ClH.H3N.Pt/c1-2-3;;;;;;/h2-3H2,1H3;4*1H;1H3;/q;;;;;;+4/p-4. The Bertz CT molecular complexity index is 40.3. The van der Waals surface area contributed by atoms with Gasteiger partial charge in [-0.15, -0.1) is 0 Å². The van der Waals surface area contributed by atoms with Crippen LogP contribution in [-0.2, 0) is 11.9 Å². The van der Waals surface area contributed by atoms with Gasteiger partial charge in [0.15, 0.2) is 0 Å². The molecule has 5 N–H and O–H groups in total. The van der Waals surface area contributed by atoms with Crippen LogP contribution in [0, 0.1) is 0 Å². The zero-order valence-electron chi connectivity index (χ0n) is 4.82. The van der Waals surface area contributed by atoms with Crippen LogP contribution in [0.3, 0.4) is 0 Å². The van der Waals surface area contributed by atoms with Crippen LogP contribution in [-0.4, -0.2) is 6.54 Å². The SMILES string of the molecule is CCN.N.[Cl][Pt]([Cl])([Cl])[Cl]. The molecule has 0 aliphatic heterocycles. The van der Waals surface area contributed by atoms with Crippen LogP contribution >= 0.6 is 37.7 Å². The summed E-state index contributed by atoms with van der Waals surface area (Å²) in [7, 11) is 20.0. The third-order valence-corrected chi connectivity index (χ3v) is 0. The topological polar surface area (TPSA) is 61.0 Å². The van der Waals surface area contributed by atoms with Crippen molar-refractivity contribution in [3.8, 4) is 0 Å². The summed E-state index contributed by atoms with van der Waals surface area (Å²) in [4.78, 5) is 0. The molecule has 0 atom stereocenters. The van der Waals surface area contributed by atoms with Gasteiger partial charge in [-0.3, -0.25) is 0 Å². The van der Waals surface area contributed by atoms with E-state index in [1.54, 1.807) is 0 Å². The predicted octanol–water partition coefficient (Wildman–Crippen LogP) is 2.88. The Labute approximate surface area is 74.5 Å². The van der Waals surface area contributed by atoms with Gasteiger partial charge in [0.05, 0.1) is 0 Å². The molecule has 0 aromatic heterocycles. The van der Waals surface area contributed by atoms with E-state index in [-0.39, 0.29) is 6.15 Å². The van der Waals surface area contributed by atoms with E-state index in [0.717, 1.165) is 6.54 Å². The van der Waals surface area contributed by atoms with Gasteiger partial charge in [0.1, 0.15) is 0 Å². The molecule has 66 valence electrons. The fraction of sp³-hybridized carbons (Fsp3) is 1.00. The monoisotopic (exact) mass is 397 g/mol. The van der Waals surface area contributed by atoms with Crippen LogP contribution in [0.1, 0.15) is 6.92 Å². The fourth-order valence-electron chi connectivity index (χ4n) is 0. The first kappa shape index (κ1) is 17.0. The summed E-state index contributed by atoms with van der Waals surface area (Å²) in [6, 6.07) is 0. The molecular formula is C2H10Cl4N2Pt. The van der Waals surface area contributed by atoms with E-state index in [0.29, 0.717) is 0 Å². The molecule has 0 saturated carbocycles. The number of rotatable bonds is 0. The van der Waals surface area contributed by atoms with Gasteiger partial charge in [0, 0.05) is 0 Å². The Balaban J connectivity index is -0.0000000800. The Morgan fingerprint density at radius 3 is 1.22 bits per heavy atom. The van der Waals surface area contributed by atoms with Crippen molar-refractivity contribution in [1.82, 2.24) is 6.15 Å². The van der Waals surface area contributed by atoms with E-state index < -0.39 is 11.9 Å². The molecule has 0 radical (unpaired) electrons. The van der Waals surface area contributed by atoms with Gasteiger partial charge in [0.2, 0.25) is 0 Å². The van der Waals surface area contributed by atoms with Crippen LogP contribution in [0.2, 0.25) is 0 Å². The van der Waals surface area contributed by atoms with Crippen LogP contribution in [0.4, 0.5) is 0 Å². The van der Waals surface area contributed by atoms with Gasteiger partial charge >= 0.3 is 49.6 Å². The number of halogens is 4. The second-order valence-electron chi connectivity index (χ2n) is 0.679. The van der Waals surface area contributed by atoms with Crippen molar-refractivity contribution < 1.29 is 11.9 Å². The van der Waals surface area contributed by atoms with Crippen molar-refractivity contribution in [2.24, 2.45) is 5.73 Å². The third-order valence-electron chi connectivity index (χ3n) is 0. The van der Waals surface area contributed by atoms with E-state index in [4.69, 9.17) is 43.4 Å². The van der Waals surface area contributed by atoms with E-state index in [1.165, 1.54) is 0 Å². The molecule has 0 fully saturated rings. The van der Waals surface area contributed by atoms with Gasteiger partial charge < -0.3 is 11.9 Å². The molecule has 0 spiro atoms. The van der Waals surface area contributed by atoms with Crippen LogP contribution < -0.4 is 11.9 Å². The van der Waals surface area contributed by atoms with E-state index >= 15 is 0 Å². The van der Waals surface area contributed by atoms with Crippen molar-refractivity contribution in [3.63, 3.8) is 0 Å². The van der Waals surface area contributed by atoms with Gasteiger partial charge in [-0.2, -0.15) is 0 Å². The number of hydrogen-bond acceptors (Lipinski definition) is 2. The summed E-state index contributed by atoms with van der Waals surface area (Å²) >= 11 is -3.06. The second kappa shape index (κ2) is 9.77. The summed E-state index contributed by atoms with van der Waals surface area (Å²) in [5, 5.41) is 0. The summed E-state index contributed by atoms with van der Waals surface area (Å²) in [5.41, 5.74) is 4.85. The zero-order valence-corrected chi connectivity index (χ0v) is 10.1. The Kier molecular flexibility index (Phi) is 18.5. The van der Waals surface area contributed by atoms with Crippen LogP contribution in [0.25, 0.3) is 0 Å². The molecule has 7 heteroatoms. The van der Waals surface area contributed by atoms with E-state index in [2.05, 4.69) is 0 Å². The molecule has 0 saturated heterocycles. The van der Waals surface area contributed by atoms with Gasteiger partial charge in [-0.25, -0.2) is 0 Å². The minimum absolute atomic E-state index is 0. The summed E-state index contributed by atoms with van der Waals surface area (Å²) in [6.07, 6.45) is 0. The first-order valence-corrected chi connectivity index (χ1v) is 12.9. The molecule has 0 aliphatic carbocycles. The molecular weight excluding hydrogens is 389 g/mol. The quantitative estimate of drug-likeness (QED) is 0.659. The van der Waals surface area contributed by atoms with Gasteiger partial charge in [0.25, 0.3) is 0 Å². The predicted molar refractivity (Wildman–Crippen MR) is 43.2 cm³/mol. The summed E-state index contributed by atoms with van der Waals surface area (Å²) in [6.45, 7) is 2.65. The van der Waals surface area contributed by atoms with Crippen molar-refractivity contribution >= 4 is 37.7 Å². The molecule has 0 heterocycles. The average molecular weight is 399 g/mol. The zero-order chi connectivity index (χ0) is 7.21. The molecule has 0 aliphatic rings. The van der Waals surface area contributed by atoms with Crippen molar-refractivity contribution in [1.29, 1.82) is 0 Å². The van der Waals surface area contributed by atoms with Crippen LogP contribution in [0.5, 0.6) is 0 Å². The molecule has 0 amide bonds. The van der Waals surface area contributed by atoms with Gasteiger partial charge in [-0.1, -0.05) is 6.92 Å². The van der Waals surface area contributed by atoms with E-state index in [9.17, 15) is 0 Å². The molecule has 9 heavy (non-hydrogen) atoms. The Morgan fingerprint density at radius 2 is 1.22 bits per heavy atom. The third kappa shape index (κ3) is 189. The molecule has 0 unspecified atom stereocenters. The maximum absolute atomic E-state index is 5.01. The van der Waals surface area contributed by atoms with Crippen molar-refractivity contribution in [3.05, 3.63) is 0 Å². The molecule has 0 aromatic rings. The Morgan fingerprint density at radius 1 is 1.22 bits per heavy atom. The minimum atomic E-state index is -3.06. The van der Waals surface area contributed by atoms with Crippen molar-refractivity contribution in [2.75, 3.05) is 6.54 Å². The Hall–Kier alpha value is 1.77. The summed E-state index contributed by atoms with van der Waals surface area (Å²) < 4.78 is 0. The number of nitrogens with two attached hydrogens (primary N) is 1. The molecule has 2 nitrogen and oxygen atoms in total. The fourth-order valence-corrected chi connectivity index (χ4v) is 0. The number of hydrogen-bond donors (Lipinski definition) is 2. The normalized spacial score (nSPS) is 10.4. The first-order chi connectivity index (χ1) is 3.41. The molecule has 0 bridgehead atoms. The average Bonchev–Trinajstić information content (AvgIpc) is 1.27.